The minimum absolute atomic E-state index is 0.0259. The number of allylic oxidation sites excluding steroid dienone is 3. The highest BCUT2D eigenvalue weighted by Gasteiger charge is 2.21. The topological polar surface area (TPSA) is 73.3 Å². The molecule has 0 radical (unpaired) electrons. The summed E-state index contributed by atoms with van der Waals surface area (Å²) >= 11 is 0. The average molecular weight is 279 g/mol. The Labute approximate surface area is 121 Å². The molecule has 1 aliphatic carbocycles. The van der Waals surface area contributed by atoms with Crippen LogP contribution >= 0.6 is 0 Å². The monoisotopic (exact) mass is 279 g/mol. The van der Waals surface area contributed by atoms with E-state index in [2.05, 4.69) is 4.98 Å². The van der Waals surface area contributed by atoms with Gasteiger partial charge in [0.1, 0.15) is 5.76 Å². The van der Waals surface area contributed by atoms with Gasteiger partial charge in [0, 0.05) is 11.6 Å². The molecule has 3 rings (SSSR count). The molecule has 0 fully saturated rings. The third kappa shape index (κ3) is 2.27. The molecule has 0 saturated carbocycles. The zero-order valence-electron chi connectivity index (χ0n) is 11.1. The van der Waals surface area contributed by atoms with E-state index in [0.717, 1.165) is 17.4 Å². The van der Waals surface area contributed by atoms with Crippen LogP contribution in [0.2, 0.25) is 0 Å². The second-order valence-electron chi connectivity index (χ2n) is 4.65. The quantitative estimate of drug-likeness (QED) is 0.739. The molecule has 104 valence electrons. The van der Waals surface area contributed by atoms with Gasteiger partial charge in [-0.3, -0.25) is 4.79 Å². The summed E-state index contributed by atoms with van der Waals surface area (Å²) in [5.74, 6) is -0.0259. The summed E-state index contributed by atoms with van der Waals surface area (Å²) in [6.45, 7) is 0. The number of aromatic amines is 1. The number of nitrogens with one attached hydrogen (secondary N) is 1. The fourth-order valence-electron chi connectivity index (χ4n) is 2.44. The van der Waals surface area contributed by atoms with E-state index in [4.69, 9.17) is 5.11 Å². The normalized spacial score (nSPS) is 15.9. The lowest BCUT2D eigenvalue weighted by Gasteiger charge is -2.08. The Balaban J connectivity index is 2.25. The van der Waals surface area contributed by atoms with Gasteiger partial charge in [-0.05, 0) is 34.9 Å². The molecule has 3 N–H and O–H groups in total. The van der Waals surface area contributed by atoms with Gasteiger partial charge in [-0.1, -0.05) is 30.3 Å². The van der Waals surface area contributed by atoms with E-state index in [-0.39, 0.29) is 11.3 Å². The first-order chi connectivity index (χ1) is 10.2. The lowest BCUT2D eigenvalue weighted by atomic mass is 10.00. The summed E-state index contributed by atoms with van der Waals surface area (Å²) in [4.78, 5) is 14.0. The van der Waals surface area contributed by atoms with E-state index >= 15 is 0 Å². The summed E-state index contributed by atoms with van der Waals surface area (Å²) in [6, 6.07) is 12.2. The van der Waals surface area contributed by atoms with Gasteiger partial charge < -0.3 is 15.2 Å². The average Bonchev–Trinajstić information content (AvgIpc) is 2.85. The first kappa shape index (κ1) is 13.0. The Morgan fingerprint density at radius 1 is 1.10 bits per heavy atom. The number of aliphatic hydroxyl groups excluding tert-OH is 2. The smallest absolute Gasteiger partial charge is 0.248 e. The number of rotatable bonds is 2. The van der Waals surface area contributed by atoms with Crippen LogP contribution in [0.15, 0.2) is 65.2 Å². The zero-order chi connectivity index (χ0) is 14.8. The van der Waals surface area contributed by atoms with Crippen molar-refractivity contribution in [1.82, 2.24) is 4.98 Å². The number of fused-ring (bicyclic) bond motifs is 1. The van der Waals surface area contributed by atoms with Crippen LogP contribution in [0.3, 0.4) is 0 Å². The summed E-state index contributed by atoms with van der Waals surface area (Å²) < 4.78 is 0. The molecule has 0 bridgehead atoms. The van der Waals surface area contributed by atoms with E-state index in [0.29, 0.717) is 16.8 Å². The van der Waals surface area contributed by atoms with Crippen molar-refractivity contribution < 1.29 is 10.2 Å². The molecule has 1 aromatic heterocycles. The van der Waals surface area contributed by atoms with Crippen molar-refractivity contribution in [3.05, 3.63) is 87.6 Å². The highest BCUT2D eigenvalue weighted by Crippen LogP contribution is 2.39. The Morgan fingerprint density at radius 2 is 1.90 bits per heavy atom. The summed E-state index contributed by atoms with van der Waals surface area (Å²) in [5, 5.41) is 19.6. The van der Waals surface area contributed by atoms with Gasteiger partial charge in [0.15, 0.2) is 0 Å². The lowest BCUT2D eigenvalue weighted by Crippen LogP contribution is -2.06. The van der Waals surface area contributed by atoms with Crippen LogP contribution in [-0.4, -0.2) is 15.2 Å². The molecule has 1 aromatic carbocycles. The van der Waals surface area contributed by atoms with Crippen LogP contribution in [-0.2, 0) is 0 Å². The fraction of sp³-hybridized carbons (Fsp3) is 0. The molecule has 2 aromatic rings. The molecule has 1 heterocycles. The van der Waals surface area contributed by atoms with Crippen LogP contribution in [0.4, 0.5) is 0 Å². The number of H-pyrrole nitrogens is 1. The van der Waals surface area contributed by atoms with E-state index in [1.54, 1.807) is 12.1 Å². The Hall–Kier alpha value is -3.01. The minimum Gasteiger partial charge on any atom is -0.516 e. The highest BCUT2D eigenvalue weighted by molar-refractivity contribution is 6.05. The molecule has 0 spiro atoms. The van der Waals surface area contributed by atoms with Gasteiger partial charge in [-0.15, -0.1) is 0 Å². The first-order valence-electron chi connectivity index (χ1n) is 6.46. The second-order valence-corrected chi connectivity index (χ2v) is 4.65. The van der Waals surface area contributed by atoms with E-state index in [1.165, 1.54) is 12.1 Å². The van der Waals surface area contributed by atoms with Crippen LogP contribution in [0.1, 0.15) is 16.8 Å². The van der Waals surface area contributed by atoms with Crippen molar-refractivity contribution in [3.8, 4) is 0 Å². The maximum Gasteiger partial charge on any atom is 0.248 e. The largest absolute Gasteiger partial charge is 0.516 e. The van der Waals surface area contributed by atoms with Crippen LogP contribution < -0.4 is 5.56 Å². The zero-order valence-corrected chi connectivity index (χ0v) is 11.1. The van der Waals surface area contributed by atoms with Crippen LogP contribution in [0.25, 0.3) is 17.4 Å². The maximum atomic E-state index is 11.4. The second kappa shape index (κ2) is 5.17. The standard InChI is InChI=1S/C17H13NO3/c19-9-8-12-10-11-4-1-2-5-13(11)16(12)17(21)14-6-3-7-15(20)18-14/h1-10,19,21H,(H,18,20). The number of aliphatic hydroxyl groups is 2. The van der Waals surface area contributed by atoms with Crippen LogP contribution in [0, 0.1) is 0 Å². The fourth-order valence-corrected chi connectivity index (χ4v) is 2.44. The number of hydrogen-bond acceptors (Lipinski definition) is 3. The van der Waals surface area contributed by atoms with Gasteiger partial charge in [-0.25, -0.2) is 0 Å². The van der Waals surface area contributed by atoms with Gasteiger partial charge in [0.05, 0.1) is 12.0 Å². The van der Waals surface area contributed by atoms with Gasteiger partial charge in [0.2, 0.25) is 5.56 Å². The van der Waals surface area contributed by atoms with Crippen molar-refractivity contribution in [2.75, 3.05) is 0 Å². The summed E-state index contributed by atoms with van der Waals surface area (Å²) in [5.41, 5.74) is 3.12. The predicted octanol–water partition coefficient (Wildman–Crippen LogP) is 3.27. The molecular weight excluding hydrogens is 266 g/mol. The van der Waals surface area contributed by atoms with Crippen molar-refractivity contribution >= 4 is 17.4 Å². The third-order valence-corrected chi connectivity index (χ3v) is 3.34. The number of aromatic nitrogens is 1. The molecule has 0 atom stereocenters. The maximum absolute atomic E-state index is 11.4. The molecule has 4 nitrogen and oxygen atoms in total. The molecule has 0 unspecified atom stereocenters. The SMILES string of the molecule is O=c1cccc(C(O)=C2C(C=CO)=Cc3ccccc32)[nH]1. The number of pyridine rings is 1. The predicted molar refractivity (Wildman–Crippen MR) is 82.7 cm³/mol. The third-order valence-electron chi connectivity index (χ3n) is 3.34. The molecule has 4 heteroatoms. The molecule has 0 aliphatic heterocycles. The Morgan fingerprint density at radius 3 is 2.67 bits per heavy atom. The first-order valence-corrected chi connectivity index (χ1v) is 6.46. The molecular formula is C17H13NO3. The van der Waals surface area contributed by atoms with Gasteiger partial charge in [-0.2, -0.15) is 0 Å². The van der Waals surface area contributed by atoms with E-state index < -0.39 is 0 Å². The minimum atomic E-state index is -0.283. The number of hydrogen-bond donors (Lipinski definition) is 3. The van der Waals surface area contributed by atoms with E-state index in [1.807, 2.05) is 30.3 Å². The Kier molecular flexibility index (Phi) is 3.20. The molecule has 0 saturated heterocycles. The number of benzene rings is 1. The van der Waals surface area contributed by atoms with Crippen molar-refractivity contribution in [2.24, 2.45) is 0 Å². The van der Waals surface area contributed by atoms with Crippen LogP contribution in [0.5, 0.6) is 0 Å². The molecule has 21 heavy (non-hydrogen) atoms. The summed E-state index contributed by atoms with van der Waals surface area (Å²) in [7, 11) is 0. The van der Waals surface area contributed by atoms with Crippen molar-refractivity contribution in [2.45, 2.75) is 0 Å². The highest BCUT2D eigenvalue weighted by atomic mass is 16.3. The van der Waals surface area contributed by atoms with Crippen molar-refractivity contribution in [3.63, 3.8) is 0 Å². The lowest BCUT2D eigenvalue weighted by molar-refractivity contribution is 0.473. The molecule has 0 amide bonds. The van der Waals surface area contributed by atoms with E-state index in [9.17, 15) is 9.90 Å². The summed E-state index contributed by atoms with van der Waals surface area (Å²) in [6.07, 6.45) is 4.31. The Bertz CT molecular complexity index is 841. The molecule has 1 aliphatic rings. The van der Waals surface area contributed by atoms with Gasteiger partial charge >= 0.3 is 0 Å². The van der Waals surface area contributed by atoms with Crippen molar-refractivity contribution in [1.29, 1.82) is 0 Å². The van der Waals surface area contributed by atoms with Gasteiger partial charge in [0.25, 0.3) is 0 Å².